The highest BCUT2D eigenvalue weighted by molar-refractivity contribution is 7.89. The molecule has 1 aliphatic carbocycles. The summed E-state index contributed by atoms with van der Waals surface area (Å²) in [7, 11) is -3.56. The molecule has 1 amide bonds. The zero-order chi connectivity index (χ0) is 22.1. The van der Waals surface area contributed by atoms with Crippen molar-refractivity contribution < 1.29 is 17.9 Å². The average Bonchev–Trinajstić information content (AvgIpc) is 3.31. The summed E-state index contributed by atoms with van der Waals surface area (Å²) in [6.07, 6.45) is 6.01. The topological polar surface area (TPSA) is 75.7 Å². The van der Waals surface area contributed by atoms with Crippen molar-refractivity contribution >= 4 is 15.9 Å². The van der Waals surface area contributed by atoms with Crippen LogP contribution in [-0.4, -0.2) is 44.4 Å². The maximum atomic E-state index is 12.9. The minimum absolute atomic E-state index is 0.128. The van der Waals surface area contributed by atoms with E-state index in [0.29, 0.717) is 31.4 Å². The summed E-state index contributed by atoms with van der Waals surface area (Å²) in [6.45, 7) is 3.69. The van der Waals surface area contributed by atoms with Gasteiger partial charge in [0.25, 0.3) is 5.91 Å². The van der Waals surface area contributed by atoms with E-state index in [2.05, 4.69) is 5.32 Å². The van der Waals surface area contributed by atoms with E-state index < -0.39 is 10.0 Å². The first-order valence-electron chi connectivity index (χ1n) is 11.0. The first kappa shape index (κ1) is 23.4. The van der Waals surface area contributed by atoms with E-state index in [1.807, 2.05) is 6.92 Å². The van der Waals surface area contributed by atoms with Gasteiger partial charge in [0, 0.05) is 31.8 Å². The lowest BCUT2D eigenvalue weighted by atomic mass is 10.1. The van der Waals surface area contributed by atoms with Gasteiger partial charge < -0.3 is 10.1 Å². The van der Waals surface area contributed by atoms with Crippen molar-refractivity contribution in [3.8, 4) is 0 Å². The lowest BCUT2D eigenvalue weighted by Gasteiger charge is -2.20. The predicted molar refractivity (Wildman–Crippen MR) is 121 cm³/mol. The Morgan fingerprint density at radius 1 is 1.06 bits per heavy atom. The molecule has 1 saturated carbocycles. The van der Waals surface area contributed by atoms with E-state index in [-0.39, 0.29) is 17.3 Å². The Labute approximate surface area is 185 Å². The third kappa shape index (κ3) is 6.63. The standard InChI is InChI=1S/C24H32N2O4S/c1-2-26(31(28,29)23-11-4-3-5-12-23)19-20-13-15-21(16-14-20)24(27)25-17-8-18-30-22-9-6-7-10-22/h3-5,11-16,22H,2,6-10,17-19H2,1H3,(H,25,27). The molecule has 6 nitrogen and oxygen atoms in total. The molecule has 168 valence electrons. The number of carbonyl (C=O) groups excluding carboxylic acids is 1. The molecule has 1 fully saturated rings. The van der Waals surface area contributed by atoms with Gasteiger partial charge in [0.15, 0.2) is 0 Å². The summed E-state index contributed by atoms with van der Waals surface area (Å²) in [6, 6.07) is 15.5. The van der Waals surface area contributed by atoms with E-state index >= 15 is 0 Å². The number of rotatable bonds is 11. The van der Waals surface area contributed by atoms with E-state index in [0.717, 1.165) is 24.8 Å². The van der Waals surface area contributed by atoms with Gasteiger partial charge in [-0.3, -0.25) is 4.79 Å². The van der Waals surface area contributed by atoms with Gasteiger partial charge >= 0.3 is 0 Å². The third-order valence-electron chi connectivity index (χ3n) is 5.57. The van der Waals surface area contributed by atoms with Crippen molar-refractivity contribution in [3.63, 3.8) is 0 Å². The highest BCUT2D eigenvalue weighted by atomic mass is 32.2. The molecule has 0 spiro atoms. The summed E-state index contributed by atoms with van der Waals surface area (Å²) < 4.78 is 32.9. The van der Waals surface area contributed by atoms with Crippen LogP contribution in [0.4, 0.5) is 0 Å². The predicted octanol–water partition coefficient (Wildman–Crippen LogP) is 3.98. The molecule has 0 aliphatic heterocycles. The third-order valence-corrected chi connectivity index (χ3v) is 7.51. The Morgan fingerprint density at radius 3 is 2.39 bits per heavy atom. The lowest BCUT2D eigenvalue weighted by Crippen LogP contribution is -2.30. The summed E-state index contributed by atoms with van der Waals surface area (Å²) >= 11 is 0. The Kier molecular flexibility index (Phi) is 8.63. The van der Waals surface area contributed by atoms with Crippen LogP contribution >= 0.6 is 0 Å². The fraction of sp³-hybridized carbons (Fsp3) is 0.458. The molecule has 0 bridgehead atoms. The van der Waals surface area contributed by atoms with E-state index in [9.17, 15) is 13.2 Å². The SMILES string of the molecule is CCN(Cc1ccc(C(=O)NCCCOC2CCCC2)cc1)S(=O)(=O)c1ccccc1. The molecule has 1 N–H and O–H groups in total. The minimum atomic E-state index is -3.56. The van der Waals surface area contributed by atoms with Gasteiger partial charge in [-0.1, -0.05) is 50.1 Å². The van der Waals surface area contributed by atoms with Crippen LogP contribution in [0.3, 0.4) is 0 Å². The van der Waals surface area contributed by atoms with Gasteiger partial charge in [0.05, 0.1) is 11.0 Å². The Balaban J connectivity index is 1.48. The monoisotopic (exact) mass is 444 g/mol. The number of carbonyl (C=O) groups is 1. The van der Waals surface area contributed by atoms with Crippen molar-refractivity contribution in [2.24, 2.45) is 0 Å². The summed E-state index contributed by atoms with van der Waals surface area (Å²) in [5, 5.41) is 2.92. The number of nitrogens with zero attached hydrogens (tertiary/aromatic N) is 1. The summed E-state index contributed by atoms with van der Waals surface area (Å²) in [5.74, 6) is -0.128. The molecular weight excluding hydrogens is 412 g/mol. The molecule has 0 atom stereocenters. The van der Waals surface area contributed by atoms with E-state index in [1.165, 1.54) is 17.1 Å². The van der Waals surface area contributed by atoms with Gasteiger partial charge in [0.2, 0.25) is 10.0 Å². The molecule has 3 rings (SSSR count). The van der Waals surface area contributed by atoms with Crippen molar-refractivity contribution in [3.05, 3.63) is 65.7 Å². The normalized spacial score (nSPS) is 14.8. The number of sulfonamides is 1. The van der Waals surface area contributed by atoms with Crippen LogP contribution in [0.5, 0.6) is 0 Å². The molecule has 0 unspecified atom stereocenters. The smallest absolute Gasteiger partial charge is 0.251 e. The zero-order valence-corrected chi connectivity index (χ0v) is 18.9. The average molecular weight is 445 g/mol. The van der Waals surface area contributed by atoms with Crippen LogP contribution in [0.25, 0.3) is 0 Å². The molecular formula is C24H32N2O4S. The van der Waals surface area contributed by atoms with Gasteiger partial charge in [-0.15, -0.1) is 0 Å². The van der Waals surface area contributed by atoms with E-state index in [4.69, 9.17) is 4.74 Å². The Bertz CT molecular complexity index is 924. The van der Waals surface area contributed by atoms with Crippen LogP contribution in [0.2, 0.25) is 0 Å². The van der Waals surface area contributed by atoms with Crippen LogP contribution in [-0.2, 0) is 21.3 Å². The number of hydrogen-bond donors (Lipinski definition) is 1. The summed E-state index contributed by atoms with van der Waals surface area (Å²) in [5.41, 5.74) is 1.40. The second-order valence-electron chi connectivity index (χ2n) is 7.83. The molecule has 31 heavy (non-hydrogen) atoms. The molecule has 0 radical (unpaired) electrons. The van der Waals surface area contributed by atoms with Crippen molar-refractivity contribution in [1.29, 1.82) is 0 Å². The zero-order valence-electron chi connectivity index (χ0n) is 18.1. The maximum Gasteiger partial charge on any atom is 0.251 e. The van der Waals surface area contributed by atoms with Gasteiger partial charge in [0.1, 0.15) is 0 Å². The van der Waals surface area contributed by atoms with Crippen molar-refractivity contribution in [1.82, 2.24) is 9.62 Å². The second kappa shape index (κ2) is 11.4. The fourth-order valence-electron chi connectivity index (χ4n) is 3.75. The molecule has 1 aliphatic rings. The molecule has 7 heteroatoms. The summed E-state index contributed by atoms with van der Waals surface area (Å²) in [4.78, 5) is 12.6. The van der Waals surface area contributed by atoms with Gasteiger partial charge in [-0.05, 0) is 49.1 Å². The second-order valence-corrected chi connectivity index (χ2v) is 9.77. The molecule has 0 saturated heterocycles. The highest BCUT2D eigenvalue weighted by Crippen LogP contribution is 2.21. The quantitative estimate of drug-likeness (QED) is 0.532. The maximum absolute atomic E-state index is 12.9. The number of hydrogen-bond acceptors (Lipinski definition) is 4. The van der Waals surface area contributed by atoms with Crippen LogP contribution in [0.15, 0.2) is 59.5 Å². The van der Waals surface area contributed by atoms with E-state index in [1.54, 1.807) is 54.6 Å². The van der Waals surface area contributed by atoms with Gasteiger partial charge in [-0.25, -0.2) is 8.42 Å². The molecule has 2 aromatic carbocycles. The number of benzene rings is 2. The first-order valence-corrected chi connectivity index (χ1v) is 12.5. The van der Waals surface area contributed by atoms with Crippen LogP contribution in [0, 0.1) is 0 Å². The van der Waals surface area contributed by atoms with Crippen LogP contribution < -0.4 is 5.32 Å². The Morgan fingerprint density at radius 2 is 1.74 bits per heavy atom. The highest BCUT2D eigenvalue weighted by Gasteiger charge is 2.23. The van der Waals surface area contributed by atoms with Gasteiger partial charge in [-0.2, -0.15) is 4.31 Å². The largest absolute Gasteiger partial charge is 0.378 e. The lowest BCUT2D eigenvalue weighted by molar-refractivity contribution is 0.0565. The van der Waals surface area contributed by atoms with Crippen molar-refractivity contribution in [2.75, 3.05) is 19.7 Å². The van der Waals surface area contributed by atoms with Crippen molar-refractivity contribution in [2.45, 2.75) is 56.6 Å². The first-order chi connectivity index (χ1) is 15.0. The minimum Gasteiger partial charge on any atom is -0.378 e. The number of amides is 1. The number of ether oxygens (including phenoxy) is 1. The number of nitrogens with one attached hydrogen (secondary N) is 1. The molecule has 0 heterocycles. The molecule has 0 aromatic heterocycles. The Hall–Kier alpha value is -2.22. The fourth-order valence-corrected chi connectivity index (χ4v) is 5.21. The van der Waals surface area contributed by atoms with Crippen LogP contribution in [0.1, 0.15) is 54.9 Å². The molecule has 2 aromatic rings.